The predicted octanol–water partition coefficient (Wildman–Crippen LogP) is 2.61. The van der Waals surface area contributed by atoms with E-state index in [-0.39, 0.29) is 6.10 Å². The Hall–Kier alpha value is -0.300. The average molecular weight is 156 g/mol. The monoisotopic (exact) mass is 156 g/mol. The van der Waals surface area contributed by atoms with E-state index in [9.17, 15) is 5.11 Å². The van der Waals surface area contributed by atoms with Crippen molar-refractivity contribution < 1.29 is 5.11 Å². The lowest BCUT2D eigenvalue weighted by Gasteiger charge is -2.14. The minimum Gasteiger partial charge on any atom is -0.393 e. The molecular formula is C10H20O. The average Bonchev–Trinajstić information content (AvgIpc) is 1.85. The van der Waals surface area contributed by atoms with Crippen LogP contribution >= 0.6 is 0 Å². The molecule has 0 fully saturated rings. The maximum Gasteiger partial charge on any atom is 0.0548 e. The highest BCUT2D eigenvalue weighted by Crippen LogP contribution is 2.13. The van der Waals surface area contributed by atoms with Crippen molar-refractivity contribution in [2.45, 2.75) is 39.7 Å². The van der Waals surface area contributed by atoms with Crippen LogP contribution in [-0.4, -0.2) is 11.2 Å². The molecule has 0 radical (unpaired) electrons. The third kappa shape index (κ3) is 6.11. The smallest absolute Gasteiger partial charge is 0.0548 e. The lowest BCUT2D eigenvalue weighted by molar-refractivity contribution is 0.129. The zero-order valence-corrected chi connectivity index (χ0v) is 7.88. The van der Waals surface area contributed by atoms with Crippen molar-refractivity contribution in [3.8, 4) is 0 Å². The molecule has 0 saturated carbocycles. The first kappa shape index (κ1) is 10.7. The van der Waals surface area contributed by atoms with Crippen molar-refractivity contribution in [3.05, 3.63) is 12.7 Å². The minimum absolute atomic E-state index is 0.150. The molecule has 0 heterocycles. The van der Waals surface area contributed by atoms with Gasteiger partial charge in [-0.3, -0.25) is 0 Å². The molecular weight excluding hydrogens is 136 g/mol. The molecule has 0 aliphatic carbocycles. The summed E-state index contributed by atoms with van der Waals surface area (Å²) in [5.74, 6) is 1.02. The quantitative estimate of drug-likeness (QED) is 0.607. The largest absolute Gasteiger partial charge is 0.393 e. The van der Waals surface area contributed by atoms with Crippen LogP contribution in [0.3, 0.4) is 0 Å². The zero-order chi connectivity index (χ0) is 8.85. The Kier molecular flexibility index (Phi) is 5.22. The first-order valence-electron chi connectivity index (χ1n) is 4.36. The van der Waals surface area contributed by atoms with Gasteiger partial charge in [-0.2, -0.15) is 0 Å². The van der Waals surface area contributed by atoms with E-state index < -0.39 is 0 Å². The first-order valence-corrected chi connectivity index (χ1v) is 4.36. The fraction of sp³-hybridized carbons (Fsp3) is 0.800. The van der Waals surface area contributed by atoms with Crippen LogP contribution < -0.4 is 0 Å². The molecule has 0 spiro atoms. The van der Waals surface area contributed by atoms with Gasteiger partial charge in [0.1, 0.15) is 0 Å². The molecule has 0 aliphatic heterocycles. The molecule has 0 amide bonds. The summed E-state index contributed by atoms with van der Waals surface area (Å²) >= 11 is 0. The Balaban J connectivity index is 3.51. The van der Waals surface area contributed by atoms with Gasteiger partial charge in [0.2, 0.25) is 0 Å². The van der Waals surface area contributed by atoms with Gasteiger partial charge in [-0.15, -0.1) is 6.58 Å². The van der Waals surface area contributed by atoms with E-state index in [0.717, 1.165) is 12.8 Å². The predicted molar refractivity (Wildman–Crippen MR) is 49.4 cm³/mol. The SMILES string of the molecule is C=C[C@H](C)C[C@H](O)CC(C)C. The molecule has 0 rings (SSSR count). The van der Waals surface area contributed by atoms with E-state index in [1.807, 2.05) is 6.08 Å². The Morgan fingerprint density at radius 3 is 2.18 bits per heavy atom. The normalized spacial score (nSPS) is 16.5. The number of aliphatic hydroxyl groups excluding tert-OH is 1. The van der Waals surface area contributed by atoms with E-state index in [1.165, 1.54) is 0 Å². The molecule has 2 atom stereocenters. The fourth-order valence-electron chi connectivity index (χ4n) is 1.17. The van der Waals surface area contributed by atoms with Crippen LogP contribution in [0.1, 0.15) is 33.6 Å². The maximum atomic E-state index is 9.47. The summed E-state index contributed by atoms with van der Waals surface area (Å²) < 4.78 is 0. The molecule has 0 unspecified atom stereocenters. The molecule has 0 saturated heterocycles. The summed E-state index contributed by atoms with van der Waals surface area (Å²) in [7, 11) is 0. The Morgan fingerprint density at radius 2 is 1.82 bits per heavy atom. The zero-order valence-electron chi connectivity index (χ0n) is 7.88. The molecule has 1 N–H and O–H groups in total. The molecule has 0 bridgehead atoms. The van der Waals surface area contributed by atoms with E-state index in [4.69, 9.17) is 0 Å². The Morgan fingerprint density at radius 1 is 1.27 bits per heavy atom. The van der Waals surface area contributed by atoms with Crippen LogP contribution in [0, 0.1) is 11.8 Å². The molecule has 1 heteroatoms. The first-order chi connectivity index (χ1) is 5.06. The van der Waals surface area contributed by atoms with Crippen molar-refractivity contribution >= 4 is 0 Å². The second-order valence-electron chi connectivity index (χ2n) is 3.73. The van der Waals surface area contributed by atoms with Gasteiger partial charge in [0.05, 0.1) is 6.10 Å². The van der Waals surface area contributed by atoms with Gasteiger partial charge in [-0.05, 0) is 24.7 Å². The summed E-state index contributed by atoms with van der Waals surface area (Å²) in [6.45, 7) is 10.0. The number of allylic oxidation sites excluding steroid dienone is 1. The molecule has 1 nitrogen and oxygen atoms in total. The standard InChI is InChI=1S/C10H20O/c1-5-9(4)7-10(11)6-8(2)3/h5,8-11H,1,6-7H2,2-4H3/t9-,10+/m0/s1. The van der Waals surface area contributed by atoms with E-state index >= 15 is 0 Å². The maximum absolute atomic E-state index is 9.47. The van der Waals surface area contributed by atoms with Crippen molar-refractivity contribution in [3.63, 3.8) is 0 Å². The van der Waals surface area contributed by atoms with Gasteiger partial charge in [-0.1, -0.05) is 26.8 Å². The summed E-state index contributed by atoms with van der Waals surface area (Å²) in [5.41, 5.74) is 0. The van der Waals surface area contributed by atoms with E-state index in [0.29, 0.717) is 11.8 Å². The minimum atomic E-state index is -0.150. The van der Waals surface area contributed by atoms with Crippen LogP contribution in [-0.2, 0) is 0 Å². The highest BCUT2D eigenvalue weighted by Gasteiger charge is 2.08. The van der Waals surface area contributed by atoms with Gasteiger partial charge >= 0.3 is 0 Å². The Labute approximate surface area is 70.1 Å². The van der Waals surface area contributed by atoms with Gasteiger partial charge in [-0.25, -0.2) is 0 Å². The molecule has 0 aromatic rings. The van der Waals surface area contributed by atoms with Crippen LogP contribution in [0.4, 0.5) is 0 Å². The summed E-state index contributed by atoms with van der Waals surface area (Å²) in [4.78, 5) is 0. The Bertz CT molecular complexity index is 107. The number of hydrogen-bond donors (Lipinski definition) is 1. The molecule has 0 aromatic carbocycles. The van der Waals surface area contributed by atoms with Crippen molar-refractivity contribution in [2.75, 3.05) is 0 Å². The third-order valence-corrected chi connectivity index (χ3v) is 1.79. The molecule has 0 aromatic heterocycles. The second-order valence-corrected chi connectivity index (χ2v) is 3.73. The van der Waals surface area contributed by atoms with Crippen molar-refractivity contribution in [1.29, 1.82) is 0 Å². The summed E-state index contributed by atoms with van der Waals surface area (Å²) in [5, 5.41) is 9.47. The van der Waals surface area contributed by atoms with Crippen LogP contribution in [0.5, 0.6) is 0 Å². The molecule has 66 valence electrons. The fourth-order valence-corrected chi connectivity index (χ4v) is 1.17. The van der Waals surface area contributed by atoms with Crippen LogP contribution in [0.25, 0.3) is 0 Å². The van der Waals surface area contributed by atoms with Crippen molar-refractivity contribution in [2.24, 2.45) is 11.8 Å². The van der Waals surface area contributed by atoms with E-state index in [2.05, 4.69) is 27.4 Å². The summed E-state index contributed by atoms with van der Waals surface area (Å²) in [6, 6.07) is 0. The topological polar surface area (TPSA) is 20.2 Å². The van der Waals surface area contributed by atoms with Gasteiger partial charge in [0.25, 0.3) is 0 Å². The van der Waals surface area contributed by atoms with Gasteiger partial charge in [0.15, 0.2) is 0 Å². The lowest BCUT2D eigenvalue weighted by atomic mass is 9.97. The second kappa shape index (κ2) is 5.36. The third-order valence-electron chi connectivity index (χ3n) is 1.79. The highest BCUT2D eigenvalue weighted by molar-refractivity contribution is 4.77. The lowest BCUT2D eigenvalue weighted by Crippen LogP contribution is -2.13. The summed E-state index contributed by atoms with van der Waals surface area (Å²) in [6.07, 6.45) is 3.49. The number of aliphatic hydroxyl groups is 1. The highest BCUT2D eigenvalue weighted by atomic mass is 16.3. The number of rotatable bonds is 5. The van der Waals surface area contributed by atoms with Gasteiger partial charge in [0, 0.05) is 0 Å². The van der Waals surface area contributed by atoms with Crippen LogP contribution in [0.2, 0.25) is 0 Å². The van der Waals surface area contributed by atoms with Gasteiger partial charge < -0.3 is 5.11 Å². The van der Waals surface area contributed by atoms with Crippen molar-refractivity contribution in [1.82, 2.24) is 0 Å². The van der Waals surface area contributed by atoms with Crippen LogP contribution in [0.15, 0.2) is 12.7 Å². The molecule has 11 heavy (non-hydrogen) atoms. The van der Waals surface area contributed by atoms with E-state index in [1.54, 1.807) is 0 Å². The molecule has 0 aliphatic rings. The number of hydrogen-bond acceptors (Lipinski definition) is 1.